The molecule has 2 heterocycles. The minimum atomic E-state index is 0.0125. The molecule has 1 aromatic rings. The van der Waals surface area contributed by atoms with Gasteiger partial charge in [-0.1, -0.05) is 19.0 Å². The second-order valence-electron chi connectivity index (χ2n) is 4.93. The molecule has 1 aliphatic heterocycles. The Labute approximate surface area is 124 Å². The third-order valence-corrected chi connectivity index (χ3v) is 3.62. The Balaban J connectivity index is 2.39. The van der Waals surface area contributed by atoms with Gasteiger partial charge in [0.15, 0.2) is 5.84 Å². The molecule has 3 N–H and O–H groups in total. The van der Waals surface area contributed by atoms with E-state index in [1.165, 1.54) is 0 Å². The summed E-state index contributed by atoms with van der Waals surface area (Å²) in [5.41, 5.74) is 8.15. The molecular weight excluding hydrogens is 272 g/mol. The highest BCUT2D eigenvalue weighted by atomic mass is 16.5. The third kappa shape index (κ3) is 3.41. The minimum Gasteiger partial charge on any atom is -0.473 e. The summed E-state index contributed by atoms with van der Waals surface area (Å²) in [5, 5.41) is 20.5. The van der Waals surface area contributed by atoms with Crippen molar-refractivity contribution in [3.8, 4) is 5.88 Å². The summed E-state index contributed by atoms with van der Waals surface area (Å²) in [7, 11) is 0. The van der Waals surface area contributed by atoms with Crippen LogP contribution in [0.15, 0.2) is 5.16 Å². The van der Waals surface area contributed by atoms with Crippen LogP contribution in [-0.4, -0.2) is 40.6 Å². The second-order valence-corrected chi connectivity index (χ2v) is 4.93. The van der Waals surface area contributed by atoms with E-state index in [-0.39, 0.29) is 11.9 Å². The molecule has 0 bridgehead atoms. The molecule has 116 valence electrons. The molecule has 0 unspecified atom stereocenters. The number of amidine groups is 1. The fourth-order valence-electron chi connectivity index (χ4n) is 2.50. The van der Waals surface area contributed by atoms with Crippen LogP contribution >= 0.6 is 0 Å². The van der Waals surface area contributed by atoms with Gasteiger partial charge in [-0.25, -0.2) is 0 Å². The predicted octanol–water partition coefficient (Wildman–Crippen LogP) is 1.25. The average Bonchev–Trinajstić information content (AvgIpc) is 2.54. The van der Waals surface area contributed by atoms with Gasteiger partial charge in [0.05, 0.1) is 24.5 Å². The van der Waals surface area contributed by atoms with Gasteiger partial charge >= 0.3 is 0 Å². The van der Waals surface area contributed by atoms with Gasteiger partial charge in [0.25, 0.3) is 0 Å². The van der Waals surface area contributed by atoms with Crippen molar-refractivity contribution in [1.82, 2.24) is 10.2 Å². The van der Waals surface area contributed by atoms with Gasteiger partial charge in [-0.05, 0) is 18.4 Å². The first-order valence-corrected chi connectivity index (χ1v) is 7.31. The van der Waals surface area contributed by atoms with E-state index in [1.807, 2.05) is 13.8 Å². The van der Waals surface area contributed by atoms with Gasteiger partial charge in [0.1, 0.15) is 6.10 Å². The molecule has 7 heteroatoms. The van der Waals surface area contributed by atoms with E-state index in [0.29, 0.717) is 31.1 Å². The summed E-state index contributed by atoms with van der Waals surface area (Å²) in [6.45, 7) is 5.34. The molecule has 2 rings (SSSR count). The van der Waals surface area contributed by atoms with Gasteiger partial charge < -0.3 is 20.4 Å². The third-order valence-electron chi connectivity index (χ3n) is 3.62. The number of ether oxygens (including phenoxy) is 2. The standard InChI is InChI=1S/C14H22N4O3/c1-3-10-11(4-2)16-17-14(12(10)13(15)18-19)21-9-5-7-20-8-6-9/h9,19H,3-8H2,1-2H3,(H2,15,18). The van der Waals surface area contributed by atoms with Crippen LogP contribution in [0.5, 0.6) is 5.88 Å². The minimum absolute atomic E-state index is 0.0125. The zero-order chi connectivity index (χ0) is 15.2. The number of nitrogens with two attached hydrogens (primary N) is 1. The molecule has 0 atom stereocenters. The van der Waals surface area contributed by atoms with Gasteiger partial charge in [-0.3, -0.25) is 0 Å². The van der Waals surface area contributed by atoms with Crippen molar-refractivity contribution >= 4 is 5.84 Å². The smallest absolute Gasteiger partial charge is 0.245 e. The van der Waals surface area contributed by atoms with Crippen molar-refractivity contribution in [3.05, 3.63) is 16.8 Å². The molecule has 0 amide bonds. The molecule has 0 radical (unpaired) electrons. The monoisotopic (exact) mass is 294 g/mol. The molecule has 7 nitrogen and oxygen atoms in total. The molecule has 1 aliphatic rings. The molecule has 0 aliphatic carbocycles. The first kappa shape index (κ1) is 15.5. The summed E-state index contributed by atoms with van der Waals surface area (Å²) in [5.74, 6) is 0.352. The Hall–Kier alpha value is -1.89. The summed E-state index contributed by atoms with van der Waals surface area (Å²) in [6.07, 6.45) is 3.08. The van der Waals surface area contributed by atoms with Gasteiger partial charge in [-0.2, -0.15) is 5.10 Å². The Kier molecular flexibility index (Phi) is 5.32. The number of hydrogen-bond acceptors (Lipinski definition) is 6. The van der Waals surface area contributed by atoms with Crippen LogP contribution < -0.4 is 10.5 Å². The van der Waals surface area contributed by atoms with Crippen molar-refractivity contribution in [2.24, 2.45) is 10.9 Å². The van der Waals surface area contributed by atoms with E-state index in [9.17, 15) is 0 Å². The summed E-state index contributed by atoms with van der Waals surface area (Å²) in [6, 6.07) is 0. The van der Waals surface area contributed by atoms with Crippen molar-refractivity contribution in [2.45, 2.75) is 45.6 Å². The molecule has 21 heavy (non-hydrogen) atoms. The Morgan fingerprint density at radius 1 is 1.33 bits per heavy atom. The maximum absolute atomic E-state index is 9.04. The number of oxime groups is 1. The van der Waals surface area contributed by atoms with Crippen LogP contribution in [0.3, 0.4) is 0 Å². The molecule has 0 aromatic carbocycles. The van der Waals surface area contributed by atoms with E-state index in [1.54, 1.807) is 0 Å². The molecule has 1 saturated heterocycles. The zero-order valence-electron chi connectivity index (χ0n) is 12.5. The first-order valence-electron chi connectivity index (χ1n) is 7.31. The lowest BCUT2D eigenvalue weighted by atomic mass is 10.0. The quantitative estimate of drug-likeness (QED) is 0.367. The van der Waals surface area contributed by atoms with E-state index in [0.717, 1.165) is 30.5 Å². The predicted molar refractivity (Wildman–Crippen MR) is 77.8 cm³/mol. The van der Waals surface area contributed by atoms with Gasteiger partial charge in [0.2, 0.25) is 5.88 Å². The fraction of sp³-hybridized carbons (Fsp3) is 0.643. The highest BCUT2D eigenvalue weighted by Crippen LogP contribution is 2.25. The number of hydrogen-bond donors (Lipinski definition) is 2. The number of rotatable bonds is 5. The van der Waals surface area contributed by atoms with Crippen molar-refractivity contribution in [3.63, 3.8) is 0 Å². The van der Waals surface area contributed by atoms with Crippen molar-refractivity contribution < 1.29 is 14.7 Å². The van der Waals surface area contributed by atoms with E-state index in [2.05, 4.69) is 15.4 Å². The molecule has 1 fully saturated rings. The van der Waals surface area contributed by atoms with Crippen molar-refractivity contribution in [1.29, 1.82) is 0 Å². The zero-order valence-corrected chi connectivity index (χ0v) is 12.5. The lowest BCUT2D eigenvalue weighted by Gasteiger charge is -2.24. The van der Waals surface area contributed by atoms with Crippen LogP contribution in [0, 0.1) is 0 Å². The first-order chi connectivity index (χ1) is 10.2. The number of nitrogens with zero attached hydrogens (tertiary/aromatic N) is 3. The molecular formula is C14H22N4O3. The fourth-order valence-corrected chi connectivity index (χ4v) is 2.50. The maximum atomic E-state index is 9.04. The lowest BCUT2D eigenvalue weighted by Crippen LogP contribution is -2.28. The number of aryl methyl sites for hydroxylation is 1. The van der Waals surface area contributed by atoms with Crippen LogP contribution in [-0.2, 0) is 17.6 Å². The molecule has 0 saturated carbocycles. The average molecular weight is 294 g/mol. The Bertz CT molecular complexity index is 513. The van der Waals surface area contributed by atoms with E-state index in [4.69, 9.17) is 20.4 Å². The normalized spacial score (nSPS) is 17.0. The van der Waals surface area contributed by atoms with Crippen LogP contribution in [0.1, 0.15) is 43.5 Å². The van der Waals surface area contributed by atoms with Crippen LogP contribution in [0.4, 0.5) is 0 Å². The van der Waals surface area contributed by atoms with E-state index < -0.39 is 0 Å². The lowest BCUT2D eigenvalue weighted by molar-refractivity contribution is 0.0232. The topological polar surface area (TPSA) is 103 Å². The SMILES string of the molecule is CCc1nnc(OC2CCOCC2)c(C(N)=NO)c1CC. The van der Waals surface area contributed by atoms with E-state index >= 15 is 0 Å². The number of aromatic nitrogens is 2. The highest BCUT2D eigenvalue weighted by molar-refractivity contribution is 6.00. The second kappa shape index (κ2) is 7.21. The molecule has 0 spiro atoms. The Morgan fingerprint density at radius 3 is 2.62 bits per heavy atom. The van der Waals surface area contributed by atoms with Gasteiger partial charge in [-0.15, -0.1) is 5.10 Å². The summed E-state index contributed by atoms with van der Waals surface area (Å²) < 4.78 is 11.2. The van der Waals surface area contributed by atoms with Gasteiger partial charge in [0, 0.05) is 12.8 Å². The summed E-state index contributed by atoms with van der Waals surface area (Å²) in [4.78, 5) is 0. The highest BCUT2D eigenvalue weighted by Gasteiger charge is 2.23. The molecule has 1 aromatic heterocycles. The van der Waals surface area contributed by atoms with Crippen LogP contribution in [0.2, 0.25) is 0 Å². The largest absolute Gasteiger partial charge is 0.473 e. The van der Waals surface area contributed by atoms with Crippen molar-refractivity contribution in [2.75, 3.05) is 13.2 Å². The summed E-state index contributed by atoms with van der Waals surface area (Å²) >= 11 is 0. The maximum Gasteiger partial charge on any atom is 0.245 e. The Morgan fingerprint density at radius 2 is 2.05 bits per heavy atom. The van der Waals surface area contributed by atoms with Crippen LogP contribution in [0.25, 0.3) is 0 Å².